The van der Waals surface area contributed by atoms with Gasteiger partial charge >= 0.3 is 5.97 Å². The van der Waals surface area contributed by atoms with E-state index >= 15 is 0 Å². The third kappa shape index (κ3) is 2.42. The van der Waals surface area contributed by atoms with E-state index in [9.17, 15) is 14.4 Å². The van der Waals surface area contributed by atoms with Crippen LogP contribution in [0.15, 0.2) is 18.2 Å². The van der Waals surface area contributed by atoms with Crippen LogP contribution in [0.2, 0.25) is 5.02 Å². The van der Waals surface area contributed by atoms with Gasteiger partial charge in [-0.1, -0.05) is 25.4 Å². The molecule has 21 heavy (non-hydrogen) atoms. The second kappa shape index (κ2) is 5.15. The lowest BCUT2D eigenvalue weighted by Gasteiger charge is -2.26. The van der Waals surface area contributed by atoms with Gasteiger partial charge in [0.2, 0.25) is 11.8 Å². The van der Waals surface area contributed by atoms with Gasteiger partial charge < -0.3 is 5.11 Å². The smallest absolute Gasteiger partial charge is 0.337 e. The number of halogens is 1. The van der Waals surface area contributed by atoms with E-state index in [2.05, 4.69) is 0 Å². The number of hydrogen-bond donors (Lipinski definition) is 1. The SMILES string of the molecule is CC(C)C1(C)CC(=O)N(c2ccc(C(=O)O)c(Cl)c2)C1=O. The van der Waals surface area contributed by atoms with E-state index in [-0.39, 0.29) is 34.7 Å². The number of carboxylic acids is 1. The molecule has 1 N–H and O–H groups in total. The molecule has 1 aliphatic rings. The molecule has 1 heterocycles. The molecule has 6 heteroatoms. The van der Waals surface area contributed by atoms with Crippen LogP contribution in [0.1, 0.15) is 37.6 Å². The monoisotopic (exact) mass is 309 g/mol. The zero-order chi connectivity index (χ0) is 15.9. The van der Waals surface area contributed by atoms with Crippen LogP contribution in [-0.4, -0.2) is 22.9 Å². The van der Waals surface area contributed by atoms with Crippen molar-refractivity contribution >= 4 is 35.1 Å². The molecule has 1 saturated heterocycles. The number of imide groups is 1. The highest BCUT2D eigenvalue weighted by atomic mass is 35.5. The average molecular weight is 310 g/mol. The molecule has 1 aliphatic heterocycles. The summed E-state index contributed by atoms with van der Waals surface area (Å²) in [5.74, 6) is -1.71. The van der Waals surface area contributed by atoms with Gasteiger partial charge in [0.05, 0.1) is 21.7 Å². The maximum atomic E-state index is 12.6. The molecule has 0 saturated carbocycles. The molecular weight excluding hydrogens is 294 g/mol. The molecule has 0 aromatic heterocycles. The number of amides is 2. The summed E-state index contributed by atoms with van der Waals surface area (Å²) in [5, 5.41) is 8.95. The zero-order valence-corrected chi connectivity index (χ0v) is 12.8. The first-order valence-corrected chi connectivity index (χ1v) is 6.96. The minimum absolute atomic E-state index is 0.00116. The molecule has 1 fully saturated rings. The van der Waals surface area contributed by atoms with Gasteiger partial charge in [0.25, 0.3) is 0 Å². The van der Waals surface area contributed by atoms with Crippen molar-refractivity contribution in [2.75, 3.05) is 4.90 Å². The quantitative estimate of drug-likeness (QED) is 0.871. The number of aromatic carboxylic acids is 1. The minimum atomic E-state index is -1.15. The number of carbonyl (C=O) groups is 3. The molecule has 2 rings (SSSR count). The highest BCUT2D eigenvalue weighted by Crippen LogP contribution is 2.41. The second-order valence-electron chi connectivity index (χ2n) is 5.75. The molecule has 112 valence electrons. The van der Waals surface area contributed by atoms with E-state index < -0.39 is 11.4 Å². The van der Waals surface area contributed by atoms with Crippen LogP contribution in [0.3, 0.4) is 0 Å². The Morgan fingerprint density at radius 2 is 2.00 bits per heavy atom. The molecule has 0 spiro atoms. The number of rotatable bonds is 3. The summed E-state index contributed by atoms with van der Waals surface area (Å²) in [4.78, 5) is 36.8. The van der Waals surface area contributed by atoms with Gasteiger partial charge in [0, 0.05) is 6.42 Å². The van der Waals surface area contributed by atoms with Gasteiger partial charge in [-0.15, -0.1) is 0 Å². The van der Waals surface area contributed by atoms with Crippen molar-refractivity contribution in [3.8, 4) is 0 Å². The third-order valence-corrected chi connectivity index (χ3v) is 4.49. The maximum Gasteiger partial charge on any atom is 0.337 e. The summed E-state index contributed by atoms with van der Waals surface area (Å²) < 4.78 is 0. The largest absolute Gasteiger partial charge is 0.478 e. The van der Waals surface area contributed by atoms with Gasteiger partial charge in [0.1, 0.15) is 0 Å². The van der Waals surface area contributed by atoms with Crippen molar-refractivity contribution in [1.82, 2.24) is 0 Å². The van der Waals surface area contributed by atoms with Crippen LogP contribution in [-0.2, 0) is 9.59 Å². The molecular formula is C15H16ClNO4. The van der Waals surface area contributed by atoms with E-state index in [1.54, 1.807) is 6.92 Å². The van der Waals surface area contributed by atoms with Crippen LogP contribution in [0.25, 0.3) is 0 Å². The predicted octanol–water partition coefficient (Wildman–Crippen LogP) is 2.96. The molecule has 0 bridgehead atoms. The molecule has 1 unspecified atom stereocenters. The zero-order valence-electron chi connectivity index (χ0n) is 12.0. The van der Waals surface area contributed by atoms with Gasteiger partial charge in [-0.2, -0.15) is 0 Å². The number of nitrogens with zero attached hydrogens (tertiary/aromatic N) is 1. The molecule has 1 atom stereocenters. The summed E-state index contributed by atoms with van der Waals surface area (Å²) in [5.41, 5.74) is -0.495. The Labute approximate surface area is 127 Å². The summed E-state index contributed by atoms with van der Waals surface area (Å²) in [6.45, 7) is 5.56. The highest BCUT2D eigenvalue weighted by molar-refractivity contribution is 6.34. The van der Waals surface area contributed by atoms with Crippen molar-refractivity contribution in [2.45, 2.75) is 27.2 Å². The lowest BCUT2D eigenvalue weighted by molar-refractivity contribution is -0.126. The number of carbonyl (C=O) groups excluding carboxylic acids is 2. The molecule has 2 amide bonds. The number of benzene rings is 1. The Morgan fingerprint density at radius 1 is 1.38 bits per heavy atom. The Kier molecular flexibility index (Phi) is 3.80. The normalized spacial score (nSPS) is 22.2. The Bertz CT molecular complexity index is 641. The first kappa shape index (κ1) is 15.5. The van der Waals surface area contributed by atoms with Crippen LogP contribution >= 0.6 is 11.6 Å². The number of carboxylic acid groups (broad SMARTS) is 1. The van der Waals surface area contributed by atoms with E-state index in [0.717, 1.165) is 4.90 Å². The Hall–Kier alpha value is -1.88. The van der Waals surface area contributed by atoms with Crippen LogP contribution in [0.4, 0.5) is 5.69 Å². The van der Waals surface area contributed by atoms with E-state index in [1.165, 1.54) is 18.2 Å². The Balaban J connectivity index is 2.44. The fraction of sp³-hybridized carbons (Fsp3) is 0.400. The average Bonchev–Trinajstić information content (AvgIpc) is 2.60. The summed E-state index contributed by atoms with van der Waals surface area (Å²) >= 11 is 5.90. The van der Waals surface area contributed by atoms with Gasteiger partial charge in [-0.25, -0.2) is 4.79 Å². The first-order valence-electron chi connectivity index (χ1n) is 6.58. The Morgan fingerprint density at radius 3 is 2.43 bits per heavy atom. The summed E-state index contributed by atoms with van der Waals surface area (Å²) in [6, 6.07) is 4.07. The summed E-state index contributed by atoms with van der Waals surface area (Å²) in [6.07, 6.45) is 0.141. The molecule has 0 radical (unpaired) electrons. The van der Waals surface area contributed by atoms with E-state index in [0.29, 0.717) is 5.69 Å². The molecule has 0 aliphatic carbocycles. The van der Waals surface area contributed by atoms with E-state index in [1.807, 2.05) is 13.8 Å². The molecule has 5 nitrogen and oxygen atoms in total. The maximum absolute atomic E-state index is 12.6. The fourth-order valence-electron chi connectivity index (χ4n) is 2.37. The summed E-state index contributed by atoms with van der Waals surface area (Å²) in [7, 11) is 0. The third-order valence-electron chi connectivity index (χ3n) is 4.18. The lowest BCUT2D eigenvalue weighted by Crippen LogP contribution is -2.36. The molecule has 1 aromatic rings. The second-order valence-corrected chi connectivity index (χ2v) is 6.16. The number of anilines is 1. The first-order chi connectivity index (χ1) is 9.68. The minimum Gasteiger partial charge on any atom is -0.478 e. The predicted molar refractivity (Wildman–Crippen MR) is 78.5 cm³/mol. The van der Waals surface area contributed by atoms with Crippen molar-refractivity contribution < 1.29 is 19.5 Å². The van der Waals surface area contributed by atoms with Crippen molar-refractivity contribution in [3.63, 3.8) is 0 Å². The standard InChI is InChI=1S/C15H16ClNO4/c1-8(2)15(3)7-12(18)17(14(15)21)9-4-5-10(13(19)20)11(16)6-9/h4-6,8H,7H2,1-3H3,(H,19,20). The van der Waals surface area contributed by atoms with Crippen molar-refractivity contribution in [1.29, 1.82) is 0 Å². The van der Waals surface area contributed by atoms with Crippen molar-refractivity contribution in [2.24, 2.45) is 11.3 Å². The topological polar surface area (TPSA) is 74.7 Å². The lowest BCUT2D eigenvalue weighted by atomic mass is 9.78. The van der Waals surface area contributed by atoms with Crippen LogP contribution in [0, 0.1) is 11.3 Å². The molecule has 1 aromatic carbocycles. The van der Waals surface area contributed by atoms with Crippen LogP contribution < -0.4 is 4.90 Å². The van der Waals surface area contributed by atoms with E-state index in [4.69, 9.17) is 16.7 Å². The fourth-order valence-corrected chi connectivity index (χ4v) is 2.62. The highest BCUT2D eigenvalue weighted by Gasteiger charge is 2.50. The number of hydrogen-bond acceptors (Lipinski definition) is 3. The van der Waals surface area contributed by atoms with Crippen LogP contribution in [0.5, 0.6) is 0 Å². The van der Waals surface area contributed by atoms with Crippen molar-refractivity contribution in [3.05, 3.63) is 28.8 Å². The van der Waals surface area contributed by atoms with Gasteiger partial charge in [0.15, 0.2) is 0 Å². The van der Waals surface area contributed by atoms with Gasteiger partial charge in [-0.3, -0.25) is 14.5 Å². The van der Waals surface area contributed by atoms with Gasteiger partial charge in [-0.05, 0) is 31.0 Å².